The number of piperidine rings is 1. The van der Waals surface area contributed by atoms with E-state index >= 15 is 17.6 Å². The van der Waals surface area contributed by atoms with Crippen molar-refractivity contribution in [1.29, 1.82) is 0 Å². The maximum Gasteiger partial charge on any atom is 0.425 e. The number of nitrogens with one attached hydrogen (secondary N) is 1. The zero-order valence-corrected chi connectivity index (χ0v) is 35.6. The van der Waals surface area contributed by atoms with Crippen LogP contribution < -0.4 is 19.9 Å². The smallest absolute Gasteiger partial charge is 0.425 e. The number of rotatable bonds is 9. The summed E-state index contributed by atoms with van der Waals surface area (Å²) < 4.78 is 79.6. The molecular formula is C44H50F4N8O6. The number of aromatic nitrogens is 5. The highest BCUT2D eigenvalue weighted by Crippen LogP contribution is 2.48. The van der Waals surface area contributed by atoms with Crippen LogP contribution in [0.1, 0.15) is 78.4 Å². The van der Waals surface area contributed by atoms with Gasteiger partial charge in [0, 0.05) is 31.1 Å². The van der Waals surface area contributed by atoms with Gasteiger partial charge in [0.25, 0.3) is 5.92 Å². The zero-order valence-electron chi connectivity index (χ0n) is 35.6. The Morgan fingerprint density at radius 1 is 0.935 bits per heavy atom. The number of benzene rings is 2. The van der Waals surface area contributed by atoms with Gasteiger partial charge in [-0.1, -0.05) is 30.3 Å². The number of fused-ring (bicyclic) bond motifs is 2. The van der Waals surface area contributed by atoms with Crippen LogP contribution in [0, 0.1) is 11.6 Å². The molecule has 2 aromatic carbocycles. The van der Waals surface area contributed by atoms with Crippen LogP contribution in [0.4, 0.5) is 38.7 Å². The Kier molecular flexibility index (Phi) is 12.0. The average Bonchev–Trinajstić information content (AvgIpc) is 3.61. The molecule has 0 radical (unpaired) electrons. The third-order valence-electron chi connectivity index (χ3n) is 10.9. The third kappa shape index (κ3) is 8.88. The van der Waals surface area contributed by atoms with E-state index in [1.807, 2.05) is 35.2 Å². The van der Waals surface area contributed by atoms with Crippen LogP contribution in [-0.2, 0) is 22.6 Å². The van der Waals surface area contributed by atoms with Crippen LogP contribution in [-0.4, -0.2) is 90.3 Å². The lowest BCUT2D eigenvalue weighted by atomic mass is 9.67. The molecule has 2 aliphatic rings. The zero-order chi connectivity index (χ0) is 44.8. The Hall–Kier alpha value is -5.88. The molecular weight excluding hydrogens is 813 g/mol. The van der Waals surface area contributed by atoms with Gasteiger partial charge < -0.3 is 34.1 Å². The number of aliphatic hydroxyl groups excluding tert-OH is 1. The summed E-state index contributed by atoms with van der Waals surface area (Å²) in [4.78, 5) is 47.6. The number of methoxy groups -OCH3 is 1. The fourth-order valence-corrected chi connectivity index (χ4v) is 8.27. The Morgan fingerprint density at radius 3 is 2.29 bits per heavy atom. The summed E-state index contributed by atoms with van der Waals surface area (Å²) in [5, 5.41) is 14.9. The van der Waals surface area contributed by atoms with Gasteiger partial charge in [0.1, 0.15) is 29.5 Å². The SMILES string of the molecule is COc1cc(F)c(-c2cc(Cn3cnc4c(N(C(=O)OC(C)(C)C)C(=O)OC(C)(C)C)ncnc43)c(N3CCC[C@@]4(NCc5ccccc5)C3CCC(F)(F)[C@@H]4O)cn2)cc1F. The molecule has 3 atom stereocenters. The second-order valence-corrected chi connectivity index (χ2v) is 17.6. The van der Waals surface area contributed by atoms with Gasteiger partial charge >= 0.3 is 12.2 Å². The molecule has 2 amide bonds. The minimum atomic E-state index is -3.37. The average molecular weight is 863 g/mol. The van der Waals surface area contributed by atoms with Crippen LogP contribution in [0.25, 0.3) is 22.4 Å². The van der Waals surface area contributed by atoms with Crippen molar-refractivity contribution < 1.29 is 46.5 Å². The molecule has 7 rings (SSSR count). The lowest BCUT2D eigenvalue weighted by molar-refractivity contribution is -0.180. The summed E-state index contributed by atoms with van der Waals surface area (Å²) in [6, 6.07) is 12.1. The fraction of sp³-hybridized carbons (Fsp3) is 0.455. The Labute approximate surface area is 356 Å². The number of hydrogen-bond acceptors (Lipinski definition) is 12. The molecule has 1 saturated heterocycles. The van der Waals surface area contributed by atoms with Gasteiger partial charge in [-0.25, -0.2) is 42.1 Å². The summed E-state index contributed by atoms with van der Waals surface area (Å²) in [5.74, 6) is -5.50. The number of ether oxygens (including phenoxy) is 3. The van der Waals surface area contributed by atoms with Crippen LogP contribution in [0.15, 0.2) is 67.4 Å². The third-order valence-corrected chi connectivity index (χ3v) is 10.9. The van der Waals surface area contributed by atoms with E-state index in [0.717, 1.165) is 24.0 Å². The molecule has 18 heteroatoms. The van der Waals surface area contributed by atoms with Crippen molar-refractivity contribution in [1.82, 2.24) is 29.8 Å². The summed E-state index contributed by atoms with van der Waals surface area (Å²) in [5.41, 5.74) is -1.54. The molecule has 62 heavy (non-hydrogen) atoms. The number of carbonyl (C=O) groups is 2. The van der Waals surface area contributed by atoms with Gasteiger partial charge in [-0.15, -0.1) is 0 Å². The number of hydrogen-bond donors (Lipinski definition) is 2. The molecule has 1 unspecified atom stereocenters. The molecule has 3 aromatic heterocycles. The normalized spacial score (nSPS) is 20.1. The second-order valence-electron chi connectivity index (χ2n) is 17.6. The monoisotopic (exact) mass is 862 g/mol. The predicted molar refractivity (Wildman–Crippen MR) is 222 cm³/mol. The standard InChI is InChI=1S/C44H50F4N8O6/c1-41(2,3)61-39(58)56(40(59)62-42(4,5)6)37-35-36(50-24-51-37)54(25-52-35)23-27-18-31(28-19-30(46)33(60-7)20-29(28)45)49-22-32(27)55-17-11-15-43(53-21-26-12-9-8-10-13-26)34(55)14-16-44(47,48)38(43)57/h8-10,12-13,18-20,22,24-25,34,38,53,57H,11,14-17,21,23H2,1-7H3/t34?,38-,43-/m1/s1. The highest BCUT2D eigenvalue weighted by Gasteiger charge is 2.61. The van der Waals surface area contributed by atoms with E-state index in [1.54, 1.807) is 52.2 Å². The van der Waals surface area contributed by atoms with Gasteiger partial charge in [0.15, 0.2) is 28.5 Å². The number of alkyl halides is 2. The fourth-order valence-electron chi connectivity index (χ4n) is 8.27. The van der Waals surface area contributed by atoms with Crippen molar-refractivity contribution >= 4 is 34.9 Å². The lowest BCUT2D eigenvalue weighted by Gasteiger charge is -2.57. The number of halogens is 4. The largest absolute Gasteiger partial charge is 0.494 e. The summed E-state index contributed by atoms with van der Waals surface area (Å²) in [6.45, 7) is 10.4. The minimum Gasteiger partial charge on any atom is -0.494 e. The first-order valence-electron chi connectivity index (χ1n) is 20.3. The maximum absolute atomic E-state index is 15.6. The Morgan fingerprint density at radius 2 is 1.63 bits per heavy atom. The van der Waals surface area contributed by atoms with E-state index in [9.17, 15) is 14.7 Å². The van der Waals surface area contributed by atoms with Gasteiger partial charge in [-0.05, 0) is 84.1 Å². The summed E-state index contributed by atoms with van der Waals surface area (Å²) in [6.07, 6.45) is 0.00962. The Balaban J connectivity index is 1.34. The molecule has 5 aromatic rings. The Bertz CT molecular complexity index is 2430. The van der Waals surface area contributed by atoms with Crippen molar-refractivity contribution in [2.75, 3.05) is 23.5 Å². The molecule has 2 N–H and O–H groups in total. The number of amides is 2. The van der Waals surface area contributed by atoms with Crippen LogP contribution in [0.3, 0.4) is 0 Å². The van der Waals surface area contributed by atoms with Crippen LogP contribution >= 0.6 is 0 Å². The number of aliphatic hydroxyl groups is 1. The van der Waals surface area contributed by atoms with Gasteiger partial charge in [-0.2, -0.15) is 4.90 Å². The maximum atomic E-state index is 15.6. The molecule has 1 aliphatic heterocycles. The van der Waals surface area contributed by atoms with E-state index in [2.05, 4.69) is 25.3 Å². The van der Waals surface area contributed by atoms with E-state index in [-0.39, 0.29) is 59.9 Å². The van der Waals surface area contributed by atoms with Crippen LogP contribution in [0.5, 0.6) is 5.75 Å². The topological polar surface area (TPSA) is 157 Å². The molecule has 1 aliphatic carbocycles. The highest BCUT2D eigenvalue weighted by molar-refractivity contribution is 6.12. The number of anilines is 2. The molecule has 1 saturated carbocycles. The quantitative estimate of drug-likeness (QED) is 0.137. The second kappa shape index (κ2) is 16.8. The number of nitrogens with zero attached hydrogens (tertiary/aromatic N) is 7. The lowest BCUT2D eigenvalue weighted by Crippen LogP contribution is -2.75. The number of pyridine rings is 1. The number of carbonyl (C=O) groups excluding carboxylic acids is 2. The van der Waals surface area contributed by atoms with Crippen molar-refractivity contribution in [2.24, 2.45) is 0 Å². The number of imide groups is 1. The van der Waals surface area contributed by atoms with Crippen LogP contribution in [0.2, 0.25) is 0 Å². The van der Waals surface area contributed by atoms with Crippen molar-refractivity contribution in [3.8, 4) is 17.0 Å². The first kappa shape index (κ1) is 44.2. The predicted octanol–water partition coefficient (Wildman–Crippen LogP) is 8.19. The van der Waals surface area contributed by atoms with Gasteiger partial charge in [0.05, 0.1) is 49.1 Å². The molecule has 0 bridgehead atoms. The van der Waals surface area contributed by atoms with Crippen molar-refractivity contribution in [3.63, 3.8) is 0 Å². The van der Waals surface area contributed by atoms with Crippen molar-refractivity contribution in [3.05, 3.63) is 90.1 Å². The minimum absolute atomic E-state index is 0.0150. The van der Waals surface area contributed by atoms with E-state index in [1.165, 1.54) is 19.6 Å². The van der Waals surface area contributed by atoms with E-state index in [4.69, 9.17) is 14.2 Å². The molecule has 330 valence electrons. The number of imidazole rings is 1. The van der Waals surface area contributed by atoms with Crippen molar-refractivity contribution in [2.45, 2.75) is 115 Å². The molecule has 14 nitrogen and oxygen atoms in total. The molecule has 0 spiro atoms. The first-order chi connectivity index (χ1) is 29.2. The van der Waals surface area contributed by atoms with Gasteiger partial charge in [0.2, 0.25) is 0 Å². The highest BCUT2D eigenvalue weighted by atomic mass is 19.3. The first-order valence-corrected chi connectivity index (χ1v) is 20.3. The summed E-state index contributed by atoms with van der Waals surface area (Å²) >= 11 is 0. The van der Waals surface area contributed by atoms with E-state index < -0.39 is 65.1 Å². The molecule has 2 fully saturated rings. The molecule has 4 heterocycles. The summed E-state index contributed by atoms with van der Waals surface area (Å²) in [7, 11) is 1.22. The van der Waals surface area contributed by atoms with Gasteiger partial charge in [-0.3, -0.25) is 4.98 Å². The van der Waals surface area contributed by atoms with E-state index in [0.29, 0.717) is 29.1 Å².